The fourth-order valence-corrected chi connectivity index (χ4v) is 2.30. The van der Waals surface area contributed by atoms with Crippen molar-refractivity contribution in [2.75, 3.05) is 19.7 Å². The minimum atomic E-state index is -0.622. The summed E-state index contributed by atoms with van der Waals surface area (Å²) in [5.41, 5.74) is 0.395. The summed E-state index contributed by atoms with van der Waals surface area (Å²) >= 11 is 0. The Morgan fingerprint density at radius 3 is 2.79 bits per heavy atom. The van der Waals surface area contributed by atoms with E-state index in [-0.39, 0.29) is 12.4 Å². The van der Waals surface area contributed by atoms with E-state index in [0.717, 1.165) is 6.54 Å². The van der Waals surface area contributed by atoms with Crippen LogP contribution in [0, 0.1) is 11.2 Å². The van der Waals surface area contributed by atoms with Gasteiger partial charge in [-0.1, -0.05) is 25.5 Å². The van der Waals surface area contributed by atoms with Crippen LogP contribution in [0.25, 0.3) is 0 Å². The smallest absolute Gasteiger partial charge is 0.165 e. The van der Waals surface area contributed by atoms with Crippen molar-refractivity contribution in [1.82, 2.24) is 5.32 Å². The lowest BCUT2D eigenvalue weighted by Crippen LogP contribution is -2.41. The molecular formula is C15H22FNO2. The van der Waals surface area contributed by atoms with Crippen LogP contribution in [0.2, 0.25) is 0 Å². The van der Waals surface area contributed by atoms with Crippen molar-refractivity contribution in [3.8, 4) is 5.75 Å². The first kappa shape index (κ1) is 14.3. The number of rotatable bonds is 7. The molecule has 0 heterocycles. The standard InChI is InChI=1S/C15H22FNO2/c1-15(7-4-8-15)11-17-9-12(18)10-19-14-6-3-2-5-13(14)16/h2-3,5-6,12,17-18H,4,7-11H2,1H3. The van der Waals surface area contributed by atoms with E-state index in [0.29, 0.717) is 12.0 Å². The Bertz CT molecular complexity index is 407. The highest BCUT2D eigenvalue weighted by molar-refractivity contribution is 5.23. The van der Waals surface area contributed by atoms with Crippen molar-refractivity contribution in [2.45, 2.75) is 32.3 Å². The van der Waals surface area contributed by atoms with Gasteiger partial charge in [0.1, 0.15) is 12.7 Å². The maximum absolute atomic E-state index is 13.3. The molecule has 0 aromatic heterocycles. The van der Waals surface area contributed by atoms with Crippen molar-refractivity contribution in [3.63, 3.8) is 0 Å². The third-order valence-corrected chi connectivity index (χ3v) is 3.76. The molecule has 1 unspecified atom stereocenters. The molecule has 2 rings (SSSR count). The first-order chi connectivity index (χ1) is 9.09. The summed E-state index contributed by atoms with van der Waals surface area (Å²) in [5, 5.41) is 13.0. The summed E-state index contributed by atoms with van der Waals surface area (Å²) in [7, 11) is 0. The van der Waals surface area contributed by atoms with Crippen molar-refractivity contribution >= 4 is 0 Å². The Kier molecular flexibility index (Phi) is 4.77. The van der Waals surface area contributed by atoms with Crippen LogP contribution < -0.4 is 10.1 Å². The van der Waals surface area contributed by atoms with Gasteiger partial charge in [0, 0.05) is 13.1 Å². The molecule has 0 spiro atoms. The molecule has 1 saturated carbocycles. The summed E-state index contributed by atoms with van der Waals surface area (Å²) < 4.78 is 18.5. The number of para-hydroxylation sites is 1. The lowest BCUT2D eigenvalue weighted by Gasteiger charge is -2.38. The molecule has 1 aromatic carbocycles. The predicted octanol–water partition coefficient (Wildman–Crippen LogP) is 2.35. The number of ether oxygens (including phenoxy) is 1. The van der Waals surface area contributed by atoms with Gasteiger partial charge in [0.25, 0.3) is 0 Å². The second kappa shape index (κ2) is 6.35. The van der Waals surface area contributed by atoms with Gasteiger partial charge in [-0.15, -0.1) is 0 Å². The van der Waals surface area contributed by atoms with Crippen LogP contribution in [0.5, 0.6) is 5.75 Å². The van der Waals surface area contributed by atoms with Crippen LogP contribution in [0.4, 0.5) is 4.39 Å². The van der Waals surface area contributed by atoms with E-state index in [2.05, 4.69) is 12.2 Å². The number of hydrogen-bond donors (Lipinski definition) is 2. The summed E-state index contributed by atoms with van der Waals surface area (Å²) in [6.45, 7) is 3.75. The molecule has 0 amide bonds. The molecule has 1 atom stereocenters. The Balaban J connectivity index is 1.64. The van der Waals surface area contributed by atoms with Crippen molar-refractivity contribution in [3.05, 3.63) is 30.1 Å². The van der Waals surface area contributed by atoms with Crippen LogP contribution in [0.1, 0.15) is 26.2 Å². The second-order valence-corrected chi connectivity index (χ2v) is 5.69. The monoisotopic (exact) mass is 267 g/mol. The number of aliphatic hydroxyl groups is 1. The lowest BCUT2D eigenvalue weighted by atomic mass is 9.70. The minimum absolute atomic E-state index is 0.102. The fraction of sp³-hybridized carbons (Fsp3) is 0.600. The number of nitrogens with one attached hydrogen (secondary N) is 1. The minimum Gasteiger partial charge on any atom is -0.488 e. The van der Waals surface area contributed by atoms with Gasteiger partial charge in [0.2, 0.25) is 0 Å². The molecule has 0 saturated heterocycles. The largest absolute Gasteiger partial charge is 0.488 e. The molecule has 4 heteroatoms. The van der Waals surface area contributed by atoms with Crippen LogP contribution in [-0.2, 0) is 0 Å². The van der Waals surface area contributed by atoms with Gasteiger partial charge >= 0.3 is 0 Å². The summed E-state index contributed by atoms with van der Waals surface area (Å²) in [6, 6.07) is 6.22. The molecule has 1 aliphatic carbocycles. The first-order valence-electron chi connectivity index (χ1n) is 6.85. The molecule has 19 heavy (non-hydrogen) atoms. The van der Waals surface area contributed by atoms with Crippen LogP contribution in [-0.4, -0.2) is 30.9 Å². The van der Waals surface area contributed by atoms with Gasteiger partial charge in [-0.2, -0.15) is 0 Å². The van der Waals surface area contributed by atoms with E-state index < -0.39 is 11.9 Å². The van der Waals surface area contributed by atoms with Gasteiger partial charge < -0.3 is 15.2 Å². The molecule has 1 aromatic rings. The molecule has 2 N–H and O–H groups in total. The van der Waals surface area contributed by atoms with E-state index >= 15 is 0 Å². The number of aliphatic hydroxyl groups excluding tert-OH is 1. The van der Waals surface area contributed by atoms with Crippen LogP contribution in [0.15, 0.2) is 24.3 Å². The average Bonchev–Trinajstić information content (AvgIpc) is 2.36. The summed E-state index contributed by atoms with van der Waals surface area (Å²) in [5.74, 6) is -0.211. The number of benzene rings is 1. The first-order valence-corrected chi connectivity index (χ1v) is 6.85. The van der Waals surface area contributed by atoms with Crippen LogP contribution >= 0.6 is 0 Å². The molecule has 0 bridgehead atoms. The zero-order chi connectivity index (χ0) is 13.7. The second-order valence-electron chi connectivity index (χ2n) is 5.69. The molecule has 1 aliphatic rings. The van der Waals surface area contributed by atoms with E-state index in [4.69, 9.17) is 4.74 Å². The van der Waals surface area contributed by atoms with E-state index in [9.17, 15) is 9.50 Å². The van der Waals surface area contributed by atoms with Gasteiger partial charge in [-0.25, -0.2) is 4.39 Å². The zero-order valence-corrected chi connectivity index (χ0v) is 11.4. The topological polar surface area (TPSA) is 41.5 Å². The van der Waals surface area contributed by atoms with Crippen LogP contribution in [0.3, 0.4) is 0 Å². The quantitative estimate of drug-likeness (QED) is 0.797. The third kappa shape index (κ3) is 4.18. The van der Waals surface area contributed by atoms with Crippen molar-refractivity contribution in [2.24, 2.45) is 5.41 Å². The SMILES string of the molecule is CC1(CNCC(O)COc2ccccc2F)CCC1. The highest BCUT2D eigenvalue weighted by Gasteiger charge is 2.31. The zero-order valence-electron chi connectivity index (χ0n) is 11.4. The average molecular weight is 267 g/mol. The molecular weight excluding hydrogens is 245 g/mol. The molecule has 1 fully saturated rings. The van der Waals surface area contributed by atoms with Gasteiger partial charge in [-0.3, -0.25) is 0 Å². The maximum Gasteiger partial charge on any atom is 0.165 e. The van der Waals surface area contributed by atoms with Crippen molar-refractivity contribution < 1.29 is 14.2 Å². The van der Waals surface area contributed by atoms with E-state index in [1.165, 1.54) is 25.3 Å². The Morgan fingerprint density at radius 2 is 2.16 bits per heavy atom. The maximum atomic E-state index is 13.3. The van der Waals surface area contributed by atoms with Gasteiger partial charge in [0.15, 0.2) is 11.6 Å². The molecule has 0 aliphatic heterocycles. The highest BCUT2D eigenvalue weighted by Crippen LogP contribution is 2.39. The van der Waals surface area contributed by atoms with Gasteiger partial charge in [-0.05, 0) is 30.4 Å². The number of halogens is 1. The summed E-state index contributed by atoms with van der Waals surface area (Å²) in [6.07, 6.45) is 3.18. The third-order valence-electron chi connectivity index (χ3n) is 3.76. The molecule has 3 nitrogen and oxygen atoms in total. The van der Waals surface area contributed by atoms with E-state index in [1.54, 1.807) is 18.2 Å². The Labute approximate surface area is 113 Å². The Morgan fingerprint density at radius 1 is 1.42 bits per heavy atom. The fourth-order valence-electron chi connectivity index (χ4n) is 2.30. The Hall–Kier alpha value is -1.13. The predicted molar refractivity (Wildman–Crippen MR) is 72.7 cm³/mol. The highest BCUT2D eigenvalue weighted by atomic mass is 19.1. The summed E-state index contributed by atoms with van der Waals surface area (Å²) in [4.78, 5) is 0. The lowest BCUT2D eigenvalue weighted by molar-refractivity contribution is 0.0930. The van der Waals surface area contributed by atoms with Gasteiger partial charge in [0.05, 0.1) is 0 Å². The van der Waals surface area contributed by atoms with E-state index in [1.807, 2.05) is 0 Å². The molecule has 106 valence electrons. The normalized spacial score (nSPS) is 18.7. The van der Waals surface area contributed by atoms with Crippen molar-refractivity contribution in [1.29, 1.82) is 0 Å². The molecule has 0 radical (unpaired) electrons. The number of hydrogen-bond acceptors (Lipinski definition) is 3.